The quantitative estimate of drug-likeness (QED) is 0.570. The summed E-state index contributed by atoms with van der Waals surface area (Å²) in [7, 11) is 1.91. The monoisotopic (exact) mass is 291 g/mol. The van der Waals surface area contributed by atoms with Crippen LogP contribution in [0.3, 0.4) is 0 Å². The Morgan fingerprint density at radius 1 is 1.25 bits per heavy atom. The Hall–Kier alpha value is 0.610. The topological polar surface area (TPSA) is 30.5 Å². The largest absolute Gasteiger partial charge is 0.378 e. The van der Waals surface area contributed by atoms with Gasteiger partial charge in [-0.05, 0) is 20.9 Å². The predicted molar refractivity (Wildman–Crippen MR) is 63.4 cm³/mol. The second kappa shape index (κ2) is 11.6. The average molecular weight is 291 g/mol. The smallest absolute Gasteiger partial charge is 0.0703 e. The minimum absolute atomic E-state index is 0. The number of likely N-dealkylation sites (N-methyl/N-ethyl adjacent to an activating group) is 1. The van der Waals surface area contributed by atoms with Crippen molar-refractivity contribution >= 4 is 24.0 Å². The highest BCUT2D eigenvalue weighted by Gasteiger charge is 1.91. The molecule has 0 aromatic rings. The lowest BCUT2D eigenvalue weighted by Crippen LogP contribution is -2.17. The van der Waals surface area contributed by atoms with Crippen LogP contribution in [0.1, 0.15) is 15.3 Å². The molecule has 3 nitrogen and oxygen atoms in total. The molecule has 1 N–H and O–H groups in total. The second-order valence-electron chi connectivity index (χ2n) is 2.64. The summed E-state index contributed by atoms with van der Waals surface area (Å²) in [5, 5.41) is 3.00. The van der Waals surface area contributed by atoms with E-state index in [0.717, 1.165) is 13.2 Å². The van der Waals surface area contributed by atoms with Gasteiger partial charge >= 0.3 is 0 Å². The Morgan fingerprint density at radius 2 is 1.92 bits per heavy atom. The molecule has 0 aliphatic rings. The number of hydrogen-bond donors (Lipinski definition) is 1. The minimum Gasteiger partial charge on any atom is -0.378 e. The van der Waals surface area contributed by atoms with E-state index in [0.29, 0.717) is 19.3 Å². The normalized spacial score (nSPS) is 10.0. The molecule has 0 saturated heterocycles. The molecule has 0 amide bonds. The van der Waals surface area contributed by atoms with Gasteiger partial charge in [-0.1, -0.05) is 0 Å². The first-order chi connectivity index (χ1) is 5.27. The van der Waals surface area contributed by atoms with Gasteiger partial charge in [0, 0.05) is 7.97 Å². The van der Waals surface area contributed by atoms with Gasteiger partial charge in [-0.2, -0.15) is 0 Å². The van der Waals surface area contributed by atoms with Gasteiger partial charge < -0.3 is 14.8 Å². The van der Waals surface area contributed by atoms with Crippen LogP contribution in [-0.4, -0.2) is 39.5 Å². The van der Waals surface area contributed by atoms with Crippen LogP contribution in [0, 0.1) is 0 Å². The first-order valence-electron chi connectivity index (χ1n) is 4.11. The summed E-state index contributed by atoms with van der Waals surface area (Å²) in [5.41, 5.74) is 0. The summed E-state index contributed by atoms with van der Waals surface area (Å²) >= 11 is 0. The van der Waals surface area contributed by atoms with Gasteiger partial charge in [-0.3, -0.25) is 0 Å². The van der Waals surface area contributed by atoms with Crippen LogP contribution in [0.4, 0.5) is 0 Å². The highest BCUT2D eigenvalue weighted by molar-refractivity contribution is 14.0. The molecule has 0 aromatic carbocycles. The predicted octanol–water partition coefficient (Wildman–Crippen LogP) is 1.51. The molecule has 0 aromatic heterocycles. The molecule has 0 aliphatic carbocycles. The summed E-state index contributed by atoms with van der Waals surface area (Å²) < 4.78 is 10.5. The van der Waals surface area contributed by atoms with E-state index in [2.05, 4.69) is 5.32 Å². The van der Waals surface area contributed by atoms with E-state index >= 15 is 0 Å². The standard InChI is InChI=1S/C8H19NO2.HI.H2/c1-8(2)11-7-6-10-5-4-9-3;;/h8-9H,4-7H2,1-3H3;2*1H. The van der Waals surface area contributed by atoms with E-state index in [1.54, 1.807) is 0 Å². The maximum atomic E-state index is 5.28. The van der Waals surface area contributed by atoms with Crippen LogP contribution >= 0.6 is 24.0 Å². The van der Waals surface area contributed by atoms with Crippen LogP contribution in [-0.2, 0) is 9.47 Å². The maximum Gasteiger partial charge on any atom is 0.0703 e. The molecular formula is C8H22INO2. The van der Waals surface area contributed by atoms with E-state index in [1.807, 2.05) is 20.9 Å². The van der Waals surface area contributed by atoms with Crippen molar-refractivity contribution in [1.29, 1.82) is 0 Å². The molecule has 0 atom stereocenters. The molecule has 12 heavy (non-hydrogen) atoms. The van der Waals surface area contributed by atoms with Gasteiger partial charge in [0.05, 0.1) is 25.9 Å². The van der Waals surface area contributed by atoms with Crippen molar-refractivity contribution in [2.75, 3.05) is 33.4 Å². The molecule has 0 saturated carbocycles. The Morgan fingerprint density at radius 3 is 2.42 bits per heavy atom. The third-order valence-electron chi connectivity index (χ3n) is 1.18. The van der Waals surface area contributed by atoms with Gasteiger partial charge in [-0.15, -0.1) is 24.0 Å². The zero-order chi connectivity index (χ0) is 8.53. The van der Waals surface area contributed by atoms with Crippen molar-refractivity contribution in [3.63, 3.8) is 0 Å². The molecule has 0 bridgehead atoms. The Labute approximate surface area is 93.7 Å². The third-order valence-corrected chi connectivity index (χ3v) is 1.18. The van der Waals surface area contributed by atoms with E-state index in [4.69, 9.17) is 9.47 Å². The fourth-order valence-electron chi connectivity index (χ4n) is 0.619. The van der Waals surface area contributed by atoms with E-state index in [-0.39, 0.29) is 25.4 Å². The highest BCUT2D eigenvalue weighted by atomic mass is 127. The zero-order valence-corrected chi connectivity index (χ0v) is 10.5. The average Bonchev–Trinajstić information content (AvgIpc) is 1.96. The summed E-state index contributed by atoms with van der Waals surface area (Å²) in [6.07, 6.45) is 0.308. The SMILES string of the molecule is CNCCOCCOC(C)C.I.[HH]. The Bertz CT molecular complexity index is 86.5. The van der Waals surface area contributed by atoms with Gasteiger partial charge in [0.25, 0.3) is 0 Å². The van der Waals surface area contributed by atoms with Crippen molar-refractivity contribution in [2.45, 2.75) is 20.0 Å². The fourth-order valence-corrected chi connectivity index (χ4v) is 0.619. The number of ether oxygens (including phenoxy) is 2. The lowest BCUT2D eigenvalue weighted by molar-refractivity contribution is 0.0207. The molecule has 0 rings (SSSR count). The molecule has 78 valence electrons. The first kappa shape index (κ1) is 15.1. The van der Waals surface area contributed by atoms with Crippen molar-refractivity contribution in [3.05, 3.63) is 0 Å². The summed E-state index contributed by atoms with van der Waals surface area (Å²) in [4.78, 5) is 0. The Balaban J connectivity index is -0.000000500. The molecular weight excluding hydrogens is 269 g/mol. The Kier molecular flexibility index (Phi) is 14.6. The second-order valence-corrected chi connectivity index (χ2v) is 2.64. The van der Waals surface area contributed by atoms with Crippen LogP contribution in [0.2, 0.25) is 0 Å². The van der Waals surface area contributed by atoms with Crippen molar-refractivity contribution in [2.24, 2.45) is 0 Å². The van der Waals surface area contributed by atoms with Gasteiger partial charge in [-0.25, -0.2) is 0 Å². The number of rotatable bonds is 7. The maximum absolute atomic E-state index is 5.28. The summed E-state index contributed by atoms with van der Waals surface area (Å²) in [6, 6.07) is 0. The van der Waals surface area contributed by atoms with Crippen LogP contribution in [0.5, 0.6) is 0 Å². The van der Waals surface area contributed by atoms with E-state index in [9.17, 15) is 0 Å². The van der Waals surface area contributed by atoms with Crippen molar-refractivity contribution in [1.82, 2.24) is 5.32 Å². The van der Waals surface area contributed by atoms with Crippen LogP contribution in [0.15, 0.2) is 0 Å². The van der Waals surface area contributed by atoms with Crippen molar-refractivity contribution in [3.8, 4) is 0 Å². The van der Waals surface area contributed by atoms with E-state index in [1.165, 1.54) is 0 Å². The summed E-state index contributed by atoms with van der Waals surface area (Å²) in [6.45, 7) is 7.10. The fraction of sp³-hybridized carbons (Fsp3) is 1.00. The molecule has 0 unspecified atom stereocenters. The summed E-state index contributed by atoms with van der Waals surface area (Å²) in [5.74, 6) is 0. The molecule has 4 heteroatoms. The lowest BCUT2D eigenvalue weighted by Gasteiger charge is -2.07. The van der Waals surface area contributed by atoms with Crippen molar-refractivity contribution < 1.29 is 10.9 Å². The zero-order valence-electron chi connectivity index (χ0n) is 8.13. The molecule has 0 heterocycles. The van der Waals surface area contributed by atoms with Crippen LogP contribution < -0.4 is 5.32 Å². The lowest BCUT2D eigenvalue weighted by atomic mass is 10.5. The van der Waals surface area contributed by atoms with Gasteiger partial charge in [0.1, 0.15) is 0 Å². The minimum atomic E-state index is 0. The molecule has 0 radical (unpaired) electrons. The highest BCUT2D eigenvalue weighted by Crippen LogP contribution is 1.86. The van der Waals surface area contributed by atoms with Crippen LogP contribution in [0.25, 0.3) is 0 Å². The number of hydrogen-bond acceptors (Lipinski definition) is 3. The van der Waals surface area contributed by atoms with E-state index < -0.39 is 0 Å². The number of halogens is 1. The van der Waals surface area contributed by atoms with Gasteiger partial charge in [0.2, 0.25) is 0 Å². The molecule has 0 spiro atoms. The number of nitrogens with one attached hydrogen (secondary N) is 1. The third kappa shape index (κ3) is 13.2. The molecule has 0 aliphatic heterocycles. The van der Waals surface area contributed by atoms with Gasteiger partial charge in [0.15, 0.2) is 0 Å². The molecule has 0 fully saturated rings. The first-order valence-corrected chi connectivity index (χ1v) is 4.11.